The van der Waals surface area contributed by atoms with Crippen LogP contribution in [0.3, 0.4) is 0 Å². The number of hydrogen-bond acceptors (Lipinski definition) is 8. The first-order valence-electron chi connectivity index (χ1n) is 11.1. The van der Waals surface area contributed by atoms with Crippen LogP contribution < -0.4 is 0 Å². The quantitative estimate of drug-likeness (QED) is 0.265. The van der Waals surface area contributed by atoms with E-state index in [4.69, 9.17) is 26.6 Å². The second-order valence-electron chi connectivity index (χ2n) is 6.51. The lowest BCUT2D eigenvalue weighted by Crippen LogP contribution is -2.47. The van der Waals surface area contributed by atoms with E-state index in [2.05, 4.69) is 4.90 Å². The van der Waals surface area contributed by atoms with Crippen LogP contribution in [-0.4, -0.2) is 94.0 Å². The maximum Gasteiger partial charge on any atom is 0.500 e. The second-order valence-corrected chi connectivity index (χ2v) is 12.1. The van der Waals surface area contributed by atoms with Crippen LogP contribution in [0.1, 0.15) is 47.5 Å². The molecular weight excluding hydrogens is 410 g/mol. The van der Waals surface area contributed by atoms with E-state index in [1.54, 1.807) is 7.11 Å². The Labute approximate surface area is 180 Å². The highest BCUT2D eigenvalue weighted by Crippen LogP contribution is 2.20. The van der Waals surface area contributed by atoms with Gasteiger partial charge in [0.15, 0.2) is 0 Å². The van der Waals surface area contributed by atoms with E-state index < -0.39 is 17.6 Å². The van der Waals surface area contributed by atoms with Gasteiger partial charge in [-0.2, -0.15) is 0 Å². The Balaban J connectivity index is 4.69. The molecule has 0 heterocycles. The first-order chi connectivity index (χ1) is 14.0. The van der Waals surface area contributed by atoms with Crippen LogP contribution in [-0.2, 0) is 26.6 Å². The second kappa shape index (κ2) is 17.8. The Hall–Kier alpha value is 0.114. The Bertz CT molecular complexity index is 357. The predicted octanol–water partition coefficient (Wildman–Crippen LogP) is 2.77. The zero-order chi connectivity index (χ0) is 22.0. The Morgan fingerprint density at radius 2 is 1.00 bits per heavy atom. The molecule has 8 nitrogen and oxygen atoms in total. The summed E-state index contributed by atoms with van der Waals surface area (Å²) in [6.07, 6.45) is 1.79. The highest BCUT2D eigenvalue weighted by molar-refractivity contribution is 6.61. The summed E-state index contributed by atoms with van der Waals surface area (Å²) in [6, 6.07) is 1.54. The molecule has 0 aromatic heterocycles. The van der Waals surface area contributed by atoms with Gasteiger partial charge >= 0.3 is 17.6 Å². The van der Waals surface area contributed by atoms with Crippen molar-refractivity contribution in [2.75, 3.05) is 66.4 Å². The highest BCUT2D eigenvalue weighted by atomic mass is 28.4. The van der Waals surface area contributed by atoms with Gasteiger partial charge in [0.25, 0.3) is 0 Å². The standard InChI is InChI=1S/C19H45NO7Si2/c1-7-23-28(22-6,24-8-2)18-12-14-20(16-17-21)15-13-19-29(25-9-3,26-10-4)27-11-5/h21H,7-19H2,1-6H3. The van der Waals surface area contributed by atoms with Crippen LogP contribution in [0.2, 0.25) is 12.1 Å². The molecule has 0 radical (unpaired) electrons. The Morgan fingerprint density at radius 1 is 0.621 bits per heavy atom. The molecule has 0 saturated carbocycles. The minimum atomic E-state index is -2.62. The van der Waals surface area contributed by atoms with Crippen LogP contribution >= 0.6 is 0 Å². The molecule has 0 aliphatic rings. The first kappa shape index (κ1) is 29.1. The van der Waals surface area contributed by atoms with E-state index in [-0.39, 0.29) is 6.61 Å². The van der Waals surface area contributed by atoms with Gasteiger partial charge in [0, 0.05) is 58.8 Å². The fourth-order valence-corrected chi connectivity index (χ4v) is 8.24. The largest absolute Gasteiger partial charge is 0.500 e. The van der Waals surface area contributed by atoms with Crippen molar-refractivity contribution in [1.82, 2.24) is 4.90 Å². The maximum absolute atomic E-state index is 9.45. The molecule has 0 unspecified atom stereocenters. The molecule has 0 aromatic rings. The summed E-state index contributed by atoms with van der Waals surface area (Å²) in [5.41, 5.74) is 0. The third-order valence-electron chi connectivity index (χ3n) is 4.46. The first-order valence-corrected chi connectivity index (χ1v) is 14.9. The SMILES string of the molecule is CCO[Si](CCCN(CCO)CCC[Si](OCC)(OCC)OCC)(OC)OCC. The fourth-order valence-electron chi connectivity index (χ4n) is 3.36. The van der Waals surface area contributed by atoms with Gasteiger partial charge in [0.1, 0.15) is 0 Å². The van der Waals surface area contributed by atoms with Crippen LogP contribution in [0.5, 0.6) is 0 Å². The molecule has 0 bridgehead atoms. The van der Waals surface area contributed by atoms with Crippen LogP contribution in [0, 0.1) is 0 Å². The lowest BCUT2D eigenvalue weighted by Gasteiger charge is -2.30. The van der Waals surface area contributed by atoms with E-state index in [0.29, 0.717) is 39.6 Å². The monoisotopic (exact) mass is 455 g/mol. The van der Waals surface area contributed by atoms with Crippen molar-refractivity contribution < 1.29 is 31.7 Å². The van der Waals surface area contributed by atoms with Crippen molar-refractivity contribution in [3.05, 3.63) is 0 Å². The Kier molecular flexibility index (Phi) is 17.8. The van der Waals surface area contributed by atoms with Gasteiger partial charge in [-0.1, -0.05) is 0 Å². The highest BCUT2D eigenvalue weighted by Gasteiger charge is 2.40. The molecule has 10 heteroatoms. The lowest BCUT2D eigenvalue weighted by atomic mass is 10.3. The van der Waals surface area contributed by atoms with Gasteiger partial charge in [0.05, 0.1) is 6.61 Å². The van der Waals surface area contributed by atoms with E-state index >= 15 is 0 Å². The van der Waals surface area contributed by atoms with Gasteiger partial charge in [-0.15, -0.1) is 0 Å². The molecule has 0 amide bonds. The minimum Gasteiger partial charge on any atom is -0.395 e. The molecule has 0 aromatic carbocycles. The summed E-state index contributed by atoms with van der Waals surface area (Å²) in [5.74, 6) is 0. The minimum absolute atomic E-state index is 0.134. The zero-order valence-electron chi connectivity index (χ0n) is 19.5. The molecule has 0 aliphatic heterocycles. The molecule has 1 N–H and O–H groups in total. The summed E-state index contributed by atoms with van der Waals surface area (Å²) in [5, 5.41) is 9.45. The maximum atomic E-state index is 9.45. The Morgan fingerprint density at radius 3 is 1.34 bits per heavy atom. The average Bonchev–Trinajstić information content (AvgIpc) is 2.69. The van der Waals surface area contributed by atoms with E-state index in [1.165, 1.54) is 0 Å². The van der Waals surface area contributed by atoms with Crippen molar-refractivity contribution in [1.29, 1.82) is 0 Å². The summed E-state index contributed by atoms with van der Waals surface area (Å²) in [6.45, 7) is 15.2. The predicted molar refractivity (Wildman–Crippen MR) is 119 cm³/mol. The molecule has 0 aliphatic carbocycles. The van der Waals surface area contributed by atoms with Gasteiger partial charge < -0.3 is 36.6 Å². The molecule has 0 saturated heterocycles. The van der Waals surface area contributed by atoms with Crippen molar-refractivity contribution in [3.63, 3.8) is 0 Å². The molecule has 0 rings (SSSR count). The molecule has 0 atom stereocenters. The smallest absolute Gasteiger partial charge is 0.395 e. The normalized spacial score (nSPS) is 12.8. The third kappa shape index (κ3) is 11.9. The van der Waals surface area contributed by atoms with E-state index in [0.717, 1.165) is 38.0 Å². The lowest BCUT2D eigenvalue weighted by molar-refractivity contribution is 0.0696. The van der Waals surface area contributed by atoms with Gasteiger partial charge in [-0.05, 0) is 60.5 Å². The molecule has 176 valence electrons. The summed E-state index contributed by atoms with van der Waals surface area (Å²) >= 11 is 0. The van der Waals surface area contributed by atoms with Gasteiger partial charge in [0.2, 0.25) is 0 Å². The zero-order valence-corrected chi connectivity index (χ0v) is 21.5. The van der Waals surface area contributed by atoms with Gasteiger partial charge in [-0.25, -0.2) is 0 Å². The number of aliphatic hydroxyl groups excluding tert-OH is 1. The number of nitrogens with zero attached hydrogens (tertiary/aromatic N) is 1. The topological polar surface area (TPSA) is 78.9 Å². The fraction of sp³-hybridized carbons (Fsp3) is 1.00. The van der Waals surface area contributed by atoms with Gasteiger partial charge in [-0.3, -0.25) is 0 Å². The van der Waals surface area contributed by atoms with Crippen molar-refractivity contribution in [3.8, 4) is 0 Å². The number of hydrogen-bond donors (Lipinski definition) is 1. The number of rotatable bonds is 21. The third-order valence-corrected chi connectivity index (χ3v) is 10.7. The molecule has 29 heavy (non-hydrogen) atoms. The summed E-state index contributed by atoms with van der Waals surface area (Å²) in [7, 11) is -3.54. The van der Waals surface area contributed by atoms with Crippen molar-refractivity contribution in [2.24, 2.45) is 0 Å². The van der Waals surface area contributed by atoms with Crippen molar-refractivity contribution >= 4 is 17.6 Å². The van der Waals surface area contributed by atoms with E-state index in [9.17, 15) is 5.11 Å². The van der Waals surface area contributed by atoms with Crippen LogP contribution in [0.15, 0.2) is 0 Å². The van der Waals surface area contributed by atoms with Crippen molar-refractivity contribution in [2.45, 2.75) is 59.5 Å². The van der Waals surface area contributed by atoms with Crippen LogP contribution in [0.4, 0.5) is 0 Å². The molecule has 0 fully saturated rings. The van der Waals surface area contributed by atoms with E-state index in [1.807, 2.05) is 34.6 Å². The molecular formula is C19H45NO7Si2. The summed E-state index contributed by atoms with van der Waals surface area (Å²) in [4.78, 5) is 2.26. The summed E-state index contributed by atoms with van der Waals surface area (Å²) < 4.78 is 35.1. The molecule has 0 spiro atoms. The number of aliphatic hydroxyl groups is 1. The average molecular weight is 456 g/mol. The van der Waals surface area contributed by atoms with Crippen LogP contribution in [0.25, 0.3) is 0 Å².